The molecular formula is C35H46FN3O2S. The number of carboxylic acid groups (broad SMARTS) is 1. The van der Waals surface area contributed by atoms with Crippen LogP contribution in [0.1, 0.15) is 84.6 Å². The molecule has 226 valence electrons. The molecule has 0 spiro atoms. The van der Waals surface area contributed by atoms with E-state index in [1.807, 2.05) is 44.2 Å². The van der Waals surface area contributed by atoms with Crippen LogP contribution in [-0.2, 0) is 17.6 Å². The van der Waals surface area contributed by atoms with Gasteiger partial charge in [-0.15, -0.1) is 11.3 Å². The molecule has 5 rings (SSSR count). The van der Waals surface area contributed by atoms with E-state index in [9.17, 15) is 14.3 Å². The summed E-state index contributed by atoms with van der Waals surface area (Å²) >= 11 is 1.85. The molecule has 7 heteroatoms. The number of likely N-dealkylation sites (tertiary alicyclic amines) is 2. The Bertz CT molecular complexity index is 1360. The summed E-state index contributed by atoms with van der Waals surface area (Å²) in [6, 6.07) is 15.1. The van der Waals surface area contributed by atoms with Crippen LogP contribution in [0.4, 0.5) is 4.39 Å². The van der Waals surface area contributed by atoms with E-state index in [1.165, 1.54) is 33.8 Å². The van der Waals surface area contributed by atoms with E-state index in [0.29, 0.717) is 17.8 Å². The zero-order valence-electron chi connectivity index (χ0n) is 25.8. The third kappa shape index (κ3) is 7.12. The molecule has 0 radical (unpaired) electrons. The number of piperidine rings is 1. The Morgan fingerprint density at radius 1 is 1.12 bits per heavy atom. The van der Waals surface area contributed by atoms with Crippen molar-refractivity contribution in [1.29, 1.82) is 0 Å². The minimum absolute atomic E-state index is 0.203. The van der Waals surface area contributed by atoms with Gasteiger partial charge in [0.05, 0.1) is 10.7 Å². The number of aliphatic carboxylic acids is 1. The predicted octanol–water partition coefficient (Wildman–Crippen LogP) is 7.14. The van der Waals surface area contributed by atoms with Crippen molar-refractivity contribution < 1.29 is 14.3 Å². The topological polar surface area (TPSA) is 56.7 Å². The van der Waals surface area contributed by atoms with Gasteiger partial charge in [0.25, 0.3) is 0 Å². The number of aromatic nitrogens is 1. The van der Waals surface area contributed by atoms with Gasteiger partial charge in [0, 0.05) is 36.9 Å². The molecule has 0 aliphatic carbocycles. The van der Waals surface area contributed by atoms with Gasteiger partial charge < -0.3 is 10.0 Å². The molecule has 42 heavy (non-hydrogen) atoms. The van der Waals surface area contributed by atoms with Gasteiger partial charge in [-0.25, -0.2) is 9.37 Å². The number of benzene rings is 2. The molecule has 1 N–H and O–H groups in total. The summed E-state index contributed by atoms with van der Waals surface area (Å²) in [6.45, 7) is 15.2. The van der Waals surface area contributed by atoms with Gasteiger partial charge in [-0.1, -0.05) is 69.7 Å². The van der Waals surface area contributed by atoms with E-state index < -0.39 is 12.0 Å². The largest absolute Gasteiger partial charge is 0.480 e. The fourth-order valence-electron chi connectivity index (χ4n) is 7.20. The molecule has 2 aliphatic rings. The number of carboxylic acids is 1. The van der Waals surface area contributed by atoms with E-state index in [4.69, 9.17) is 4.98 Å². The summed E-state index contributed by atoms with van der Waals surface area (Å²) in [4.78, 5) is 23.7. The molecular weight excluding hydrogens is 545 g/mol. The molecule has 1 aromatic heterocycles. The van der Waals surface area contributed by atoms with E-state index in [-0.39, 0.29) is 11.2 Å². The second-order valence-electron chi connectivity index (χ2n) is 13.5. The second kappa shape index (κ2) is 12.9. The van der Waals surface area contributed by atoms with E-state index >= 15 is 0 Å². The quantitative estimate of drug-likeness (QED) is 0.287. The summed E-state index contributed by atoms with van der Waals surface area (Å²) in [5, 5.41) is 11.3. The summed E-state index contributed by atoms with van der Waals surface area (Å²) < 4.78 is 13.4. The molecule has 2 saturated heterocycles. The van der Waals surface area contributed by atoms with Gasteiger partial charge in [0.1, 0.15) is 11.9 Å². The van der Waals surface area contributed by atoms with Gasteiger partial charge in [-0.2, -0.15) is 0 Å². The fraction of sp³-hybridized carbons (Fsp3) is 0.543. The van der Waals surface area contributed by atoms with Gasteiger partial charge in [-0.3, -0.25) is 9.69 Å². The van der Waals surface area contributed by atoms with Gasteiger partial charge in [0.15, 0.2) is 0 Å². The highest BCUT2D eigenvalue weighted by atomic mass is 32.1. The maximum absolute atomic E-state index is 13.4. The molecule has 0 bridgehead atoms. The second-order valence-corrected chi connectivity index (χ2v) is 14.6. The number of halogens is 1. The maximum Gasteiger partial charge on any atom is 0.321 e. The van der Waals surface area contributed by atoms with Crippen LogP contribution in [0.25, 0.3) is 0 Å². The van der Waals surface area contributed by atoms with Crippen LogP contribution in [0.2, 0.25) is 0 Å². The standard InChI is InChI=1S/C35H46FN3O2S/c1-6-30-32(42-31(37-30)19-24-10-12-28(36)13-11-24)25-14-16-38(17-15-25)20-27-21-39(33(34(40)41)35(3,4)5)22-29(27)26-9-7-8-23(2)18-26/h7-13,18,25,27,29,33H,6,14-17,19-22H2,1-5H3,(H,40,41)/t27-,29+,33-/m0/s1. The fourth-order valence-corrected chi connectivity index (χ4v) is 8.56. The van der Waals surface area contributed by atoms with E-state index in [2.05, 4.69) is 47.9 Å². The minimum Gasteiger partial charge on any atom is -0.480 e. The Morgan fingerprint density at radius 2 is 1.83 bits per heavy atom. The number of carbonyl (C=O) groups is 1. The van der Waals surface area contributed by atoms with Crippen LogP contribution in [-0.4, -0.2) is 64.6 Å². The van der Waals surface area contributed by atoms with Crippen molar-refractivity contribution in [2.45, 2.75) is 78.2 Å². The SMILES string of the molecule is CCc1nc(Cc2ccc(F)cc2)sc1C1CCN(C[C@H]2CN([C@@H](C(=O)O)C(C)(C)C)C[C@@H]2c2cccc(C)c2)CC1. The smallest absolute Gasteiger partial charge is 0.321 e. The van der Waals surface area contributed by atoms with Crippen LogP contribution in [0.5, 0.6) is 0 Å². The molecule has 0 unspecified atom stereocenters. The van der Waals surface area contributed by atoms with Gasteiger partial charge in [0.2, 0.25) is 0 Å². The minimum atomic E-state index is -0.720. The zero-order valence-corrected chi connectivity index (χ0v) is 26.6. The number of nitrogens with zero attached hydrogens (tertiary/aromatic N) is 3. The Hall–Kier alpha value is -2.61. The van der Waals surface area contributed by atoms with Crippen LogP contribution in [0, 0.1) is 24.1 Å². The summed E-state index contributed by atoms with van der Waals surface area (Å²) in [5.74, 6) is 0.326. The first-order valence-electron chi connectivity index (χ1n) is 15.5. The van der Waals surface area contributed by atoms with Crippen molar-refractivity contribution in [2.75, 3.05) is 32.7 Å². The number of aryl methyl sites for hydroxylation is 2. The van der Waals surface area contributed by atoms with Crippen LogP contribution < -0.4 is 0 Å². The normalized spacial score (nSPS) is 21.6. The van der Waals surface area contributed by atoms with Crippen LogP contribution in [0.3, 0.4) is 0 Å². The molecule has 2 aliphatic heterocycles. The lowest BCUT2D eigenvalue weighted by molar-refractivity contribution is -0.147. The first-order chi connectivity index (χ1) is 20.0. The van der Waals surface area contributed by atoms with Gasteiger partial charge in [-0.05, 0) is 79.8 Å². The molecule has 5 nitrogen and oxygen atoms in total. The molecule has 0 saturated carbocycles. The highest BCUT2D eigenvalue weighted by Crippen LogP contribution is 2.40. The lowest BCUT2D eigenvalue weighted by atomic mass is 9.85. The molecule has 3 heterocycles. The highest BCUT2D eigenvalue weighted by Gasteiger charge is 2.44. The van der Waals surface area contributed by atoms with E-state index in [1.54, 1.807) is 0 Å². The third-order valence-corrected chi connectivity index (χ3v) is 10.4. The van der Waals surface area contributed by atoms with Crippen molar-refractivity contribution in [3.05, 3.63) is 86.6 Å². The molecule has 2 aromatic carbocycles. The monoisotopic (exact) mass is 591 g/mol. The van der Waals surface area contributed by atoms with Crippen molar-refractivity contribution in [3.8, 4) is 0 Å². The Kier molecular flexibility index (Phi) is 9.50. The van der Waals surface area contributed by atoms with Crippen molar-refractivity contribution in [2.24, 2.45) is 11.3 Å². The van der Waals surface area contributed by atoms with Crippen LogP contribution in [0.15, 0.2) is 48.5 Å². The lowest BCUT2D eigenvalue weighted by Crippen LogP contribution is -2.48. The maximum atomic E-state index is 13.4. The van der Waals surface area contributed by atoms with Crippen molar-refractivity contribution in [1.82, 2.24) is 14.8 Å². The lowest BCUT2D eigenvalue weighted by Gasteiger charge is -2.36. The molecule has 0 amide bonds. The zero-order chi connectivity index (χ0) is 30.0. The van der Waals surface area contributed by atoms with Crippen LogP contribution >= 0.6 is 11.3 Å². The summed E-state index contributed by atoms with van der Waals surface area (Å²) in [5.41, 5.74) is 4.58. The first-order valence-corrected chi connectivity index (χ1v) is 16.3. The van der Waals surface area contributed by atoms with Gasteiger partial charge >= 0.3 is 5.97 Å². The van der Waals surface area contributed by atoms with Crippen molar-refractivity contribution >= 4 is 17.3 Å². The Labute approximate surface area is 254 Å². The molecule has 3 atom stereocenters. The number of hydrogen-bond acceptors (Lipinski definition) is 5. The average molecular weight is 592 g/mol. The number of rotatable bonds is 9. The molecule has 2 fully saturated rings. The summed E-state index contributed by atoms with van der Waals surface area (Å²) in [6.07, 6.45) is 3.93. The van der Waals surface area contributed by atoms with Crippen molar-refractivity contribution in [3.63, 3.8) is 0 Å². The number of thiazole rings is 1. The third-order valence-electron chi connectivity index (χ3n) is 9.19. The Balaban J connectivity index is 1.27. The predicted molar refractivity (Wildman–Crippen MR) is 169 cm³/mol. The summed E-state index contributed by atoms with van der Waals surface area (Å²) in [7, 11) is 0. The highest BCUT2D eigenvalue weighted by molar-refractivity contribution is 7.11. The first kappa shape index (κ1) is 30.8. The average Bonchev–Trinajstić information content (AvgIpc) is 3.53. The molecule has 3 aromatic rings. The number of hydrogen-bond donors (Lipinski definition) is 1. The Morgan fingerprint density at radius 3 is 2.45 bits per heavy atom. The van der Waals surface area contributed by atoms with E-state index in [0.717, 1.165) is 69.0 Å².